The second-order valence-corrected chi connectivity index (χ2v) is 6.19. The van der Waals surface area contributed by atoms with E-state index in [9.17, 15) is 4.79 Å². The van der Waals surface area contributed by atoms with Crippen molar-refractivity contribution in [2.75, 3.05) is 16.8 Å². The van der Waals surface area contributed by atoms with Gasteiger partial charge in [-0.3, -0.25) is 9.78 Å². The molecule has 2 heterocycles. The number of carbonyl (C=O) groups is 1. The molecule has 0 aliphatic heterocycles. The van der Waals surface area contributed by atoms with Gasteiger partial charge in [-0.1, -0.05) is 36.4 Å². The molecule has 0 saturated heterocycles. The number of anilines is 3. The zero-order valence-corrected chi connectivity index (χ0v) is 15.4. The zero-order chi connectivity index (χ0) is 19.3. The fourth-order valence-electron chi connectivity index (χ4n) is 3.02. The topological polar surface area (TPSA) is 71.0 Å². The van der Waals surface area contributed by atoms with Gasteiger partial charge in [0.15, 0.2) is 0 Å². The molecule has 0 unspecified atom stereocenters. The third-order valence-corrected chi connectivity index (χ3v) is 4.41. The van der Waals surface area contributed by atoms with Gasteiger partial charge in [0.1, 0.15) is 0 Å². The third-order valence-electron chi connectivity index (χ3n) is 4.41. The molecule has 2 aromatic carbocycles. The van der Waals surface area contributed by atoms with E-state index in [1.807, 2.05) is 72.5 Å². The number of fused-ring (bicyclic) bond motifs is 1. The molecule has 0 saturated carbocycles. The molecule has 0 atom stereocenters. The molecule has 0 fully saturated rings. The van der Waals surface area contributed by atoms with Crippen molar-refractivity contribution in [2.45, 2.75) is 6.92 Å². The Balaban J connectivity index is 1.56. The van der Waals surface area contributed by atoms with E-state index in [2.05, 4.69) is 20.3 Å². The summed E-state index contributed by atoms with van der Waals surface area (Å²) in [5.41, 5.74) is 2.80. The fraction of sp³-hybridized carbons (Fsp3) is 0.0909. The van der Waals surface area contributed by atoms with Crippen molar-refractivity contribution in [3.63, 3.8) is 0 Å². The fourth-order valence-corrected chi connectivity index (χ4v) is 3.02. The van der Waals surface area contributed by atoms with Gasteiger partial charge in [-0.2, -0.15) is 0 Å². The summed E-state index contributed by atoms with van der Waals surface area (Å²) in [6.45, 7) is 2.75. The molecular weight excluding hydrogens is 350 g/mol. The van der Waals surface area contributed by atoms with Crippen molar-refractivity contribution in [1.29, 1.82) is 0 Å². The molecular formula is C22H19N5O. The van der Waals surface area contributed by atoms with Crippen LogP contribution in [0.5, 0.6) is 0 Å². The summed E-state index contributed by atoms with van der Waals surface area (Å²) in [7, 11) is 0. The predicted octanol–water partition coefficient (Wildman–Crippen LogP) is 4.44. The van der Waals surface area contributed by atoms with Gasteiger partial charge < -0.3 is 10.2 Å². The Bertz CT molecular complexity index is 1090. The molecule has 0 bridgehead atoms. The van der Waals surface area contributed by atoms with Crippen LogP contribution >= 0.6 is 0 Å². The van der Waals surface area contributed by atoms with E-state index in [4.69, 9.17) is 0 Å². The largest absolute Gasteiger partial charge is 0.320 e. The summed E-state index contributed by atoms with van der Waals surface area (Å²) < 4.78 is 0. The van der Waals surface area contributed by atoms with Gasteiger partial charge in [0, 0.05) is 36.2 Å². The maximum atomic E-state index is 12.6. The second kappa shape index (κ2) is 7.84. The second-order valence-electron chi connectivity index (χ2n) is 6.19. The van der Waals surface area contributed by atoms with E-state index in [1.54, 1.807) is 18.6 Å². The van der Waals surface area contributed by atoms with Crippen LogP contribution in [0.1, 0.15) is 17.3 Å². The maximum Gasteiger partial charge on any atom is 0.258 e. The van der Waals surface area contributed by atoms with Gasteiger partial charge in [0.05, 0.1) is 16.8 Å². The Hall–Kier alpha value is -3.80. The molecule has 6 nitrogen and oxygen atoms in total. The highest BCUT2D eigenvalue weighted by Gasteiger charge is 2.13. The van der Waals surface area contributed by atoms with Crippen LogP contribution in [-0.2, 0) is 0 Å². The van der Waals surface area contributed by atoms with E-state index in [1.165, 1.54) is 0 Å². The Kier molecular flexibility index (Phi) is 4.93. The number of rotatable bonds is 5. The summed E-state index contributed by atoms with van der Waals surface area (Å²) in [6.07, 6.45) is 4.79. The van der Waals surface area contributed by atoms with Crippen molar-refractivity contribution in [3.8, 4) is 0 Å². The number of amides is 1. The van der Waals surface area contributed by atoms with Crippen molar-refractivity contribution in [2.24, 2.45) is 0 Å². The number of nitrogens with zero attached hydrogens (tertiary/aromatic N) is 4. The summed E-state index contributed by atoms with van der Waals surface area (Å²) in [5, 5.41) is 3.87. The minimum absolute atomic E-state index is 0.271. The van der Waals surface area contributed by atoms with E-state index in [0.717, 1.165) is 23.1 Å². The van der Waals surface area contributed by atoms with E-state index in [0.29, 0.717) is 17.2 Å². The summed E-state index contributed by atoms with van der Waals surface area (Å²) in [6, 6.07) is 19.4. The average Bonchev–Trinajstić information content (AvgIpc) is 2.76. The molecule has 6 heteroatoms. The number of carbonyl (C=O) groups excluding carboxylic acids is 1. The first-order valence-electron chi connectivity index (χ1n) is 9.06. The van der Waals surface area contributed by atoms with Crippen LogP contribution in [0, 0.1) is 0 Å². The molecule has 1 amide bonds. The lowest BCUT2D eigenvalue weighted by molar-refractivity contribution is 0.102. The van der Waals surface area contributed by atoms with Crippen molar-refractivity contribution in [1.82, 2.24) is 15.0 Å². The van der Waals surface area contributed by atoms with Crippen LogP contribution in [0.3, 0.4) is 0 Å². The van der Waals surface area contributed by atoms with Crippen LogP contribution in [-0.4, -0.2) is 27.4 Å². The monoisotopic (exact) mass is 369 g/mol. The summed E-state index contributed by atoms with van der Waals surface area (Å²) in [5.74, 6) is 0.282. The Labute approximate surface area is 162 Å². The molecule has 0 radical (unpaired) electrons. The van der Waals surface area contributed by atoms with E-state index in [-0.39, 0.29) is 5.91 Å². The number of para-hydroxylation sites is 2. The lowest BCUT2D eigenvalue weighted by Gasteiger charge is -2.20. The summed E-state index contributed by atoms with van der Waals surface area (Å²) in [4.78, 5) is 27.8. The predicted molar refractivity (Wildman–Crippen MR) is 111 cm³/mol. The molecule has 1 N–H and O–H groups in total. The molecule has 0 aliphatic carbocycles. The lowest BCUT2D eigenvalue weighted by Crippen LogP contribution is -2.20. The van der Waals surface area contributed by atoms with Crippen molar-refractivity contribution < 1.29 is 4.79 Å². The zero-order valence-electron chi connectivity index (χ0n) is 15.4. The number of benzene rings is 2. The van der Waals surface area contributed by atoms with Gasteiger partial charge in [0.2, 0.25) is 5.95 Å². The van der Waals surface area contributed by atoms with Gasteiger partial charge in [-0.25, -0.2) is 9.97 Å². The molecule has 28 heavy (non-hydrogen) atoms. The van der Waals surface area contributed by atoms with E-state index >= 15 is 0 Å². The van der Waals surface area contributed by atoms with E-state index < -0.39 is 0 Å². The minimum atomic E-state index is -0.271. The van der Waals surface area contributed by atoms with Crippen LogP contribution in [0.4, 0.5) is 17.3 Å². The highest BCUT2D eigenvalue weighted by molar-refractivity contribution is 6.08. The Morgan fingerprint density at radius 2 is 1.68 bits per heavy atom. The van der Waals surface area contributed by atoms with Crippen LogP contribution < -0.4 is 10.2 Å². The SMILES string of the molecule is CCN(c1ccccc1)c1ncc(C(=O)Nc2cccc3cccnc23)cn1. The van der Waals surface area contributed by atoms with Gasteiger partial charge in [0.25, 0.3) is 5.91 Å². The normalized spacial score (nSPS) is 10.6. The van der Waals surface area contributed by atoms with Crippen LogP contribution in [0.15, 0.2) is 79.3 Å². The van der Waals surface area contributed by atoms with Crippen LogP contribution in [0.25, 0.3) is 10.9 Å². The molecule has 0 spiro atoms. The Morgan fingerprint density at radius 3 is 2.43 bits per heavy atom. The number of nitrogens with one attached hydrogen (secondary N) is 1. The highest BCUT2D eigenvalue weighted by Crippen LogP contribution is 2.23. The van der Waals surface area contributed by atoms with Gasteiger partial charge in [-0.05, 0) is 31.2 Å². The first kappa shape index (κ1) is 17.6. The molecule has 138 valence electrons. The number of pyridine rings is 1. The Morgan fingerprint density at radius 1 is 0.929 bits per heavy atom. The number of aromatic nitrogens is 3. The average molecular weight is 369 g/mol. The first-order chi connectivity index (χ1) is 13.8. The van der Waals surface area contributed by atoms with Gasteiger partial charge >= 0.3 is 0 Å². The quantitative estimate of drug-likeness (QED) is 0.563. The highest BCUT2D eigenvalue weighted by atomic mass is 16.1. The molecule has 0 aliphatic rings. The maximum absolute atomic E-state index is 12.6. The molecule has 4 rings (SSSR count). The summed E-state index contributed by atoms with van der Waals surface area (Å²) >= 11 is 0. The first-order valence-corrected chi connectivity index (χ1v) is 9.06. The standard InChI is InChI=1S/C22H19N5O/c1-2-27(18-10-4-3-5-11-18)22-24-14-17(15-25-22)21(28)26-19-12-6-8-16-9-7-13-23-20(16)19/h3-15H,2H2,1H3,(H,26,28). The van der Waals surface area contributed by atoms with Crippen LogP contribution in [0.2, 0.25) is 0 Å². The smallest absolute Gasteiger partial charge is 0.258 e. The molecule has 4 aromatic rings. The minimum Gasteiger partial charge on any atom is -0.320 e. The third kappa shape index (κ3) is 3.53. The molecule has 2 aromatic heterocycles. The van der Waals surface area contributed by atoms with Crippen molar-refractivity contribution >= 4 is 34.1 Å². The number of hydrogen-bond donors (Lipinski definition) is 1. The lowest BCUT2D eigenvalue weighted by atomic mass is 10.2. The van der Waals surface area contributed by atoms with Crippen molar-refractivity contribution in [3.05, 3.63) is 84.8 Å². The number of hydrogen-bond acceptors (Lipinski definition) is 5. The van der Waals surface area contributed by atoms with Gasteiger partial charge in [-0.15, -0.1) is 0 Å².